The third kappa shape index (κ3) is 4.20. The van der Waals surface area contributed by atoms with Gasteiger partial charge < -0.3 is 14.8 Å². The number of rotatable bonds is 7. The van der Waals surface area contributed by atoms with Gasteiger partial charge in [-0.05, 0) is 44.2 Å². The second kappa shape index (κ2) is 7.64. The summed E-state index contributed by atoms with van der Waals surface area (Å²) in [6.07, 6.45) is 1.84. The summed E-state index contributed by atoms with van der Waals surface area (Å²) in [6.45, 7) is 8.41. The Bertz CT molecular complexity index is 585. The fourth-order valence-electron chi connectivity index (χ4n) is 2.01. The second-order valence-corrected chi connectivity index (χ2v) is 4.73. The SMILES string of the molecule is CCNCc1cnc(Oc2ccccc2OCC)c(C)c1. The Balaban J connectivity index is 2.16. The molecule has 0 aliphatic rings. The molecule has 21 heavy (non-hydrogen) atoms. The Morgan fingerprint density at radius 1 is 1.14 bits per heavy atom. The molecule has 4 heteroatoms. The minimum Gasteiger partial charge on any atom is -0.490 e. The highest BCUT2D eigenvalue weighted by molar-refractivity contribution is 5.43. The van der Waals surface area contributed by atoms with Crippen LogP contribution in [0.1, 0.15) is 25.0 Å². The van der Waals surface area contributed by atoms with Crippen molar-refractivity contribution < 1.29 is 9.47 Å². The largest absolute Gasteiger partial charge is 0.490 e. The molecule has 1 aromatic carbocycles. The second-order valence-electron chi connectivity index (χ2n) is 4.73. The molecular weight excluding hydrogens is 264 g/mol. The highest BCUT2D eigenvalue weighted by Gasteiger charge is 2.08. The van der Waals surface area contributed by atoms with E-state index in [0.717, 1.165) is 30.0 Å². The molecule has 0 unspecified atom stereocenters. The van der Waals surface area contributed by atoms with E-state index in [2.05, 4.69) is 23.3 Å². The van der Waals surface area contributed by atoms with Gasteiger partial charge >= 0.3 is 0 Å². The molecule has 0 spiro atoms. The first-order valence-corrected chi connectivity index (χ1v) is 7.30. The Labute approximate surface area is 126 Å². The van der Waals surface area contributed by atoms with Crippen molar-refractivity contribution in [3.05, 3.63) is 47.7 Å². The maximum absolute atomic E-state index is 5.90. The fourth-order valence-corrected chi connectivity index (χ4v) is 2.01. The predicted octanol–water partition coefficient (Wildman–Crippen LogP) is 3.69. The van der Waals surface area contributed by atoms with E-state index in [0.29, 0.717) is 18.2 Å². The van der Waals surface area contributed by atoms with E-state index in [1.807, 2.05) is 44.3 Å². The lowest BCUT2D eigenvalue weighted by atomic mass is 10.2. The van der Waals surface area contributed by atoms with Crippen molar-refractivity contribution in [3.8, 4) is 17.4 Å². The number of ether oxygens (including phenoxy) is 2. The van der Waals surface area contributed by atoms with E-state index >= 15 is 0 Å². The van der Waals surface area contributed by atoms with Gasteiger partial charge in [-0.3, -0.25) is 0 Å². The third-order valence-corrected chi connectivity index (χ3v) is 3.02. The molecule has 1 aromatic heterocycles. The quantitative estimate of drug-likeness (QED) is 0.843. The molecule has 1 heterocycles. The molecule has 0 aliphatic heterocycles. The smallest absolute Gasteiger partial charge is 0.222 e. The molecule has 2 aromatic rings. The Morgan fingerprint density at radius 3 is 2.57 bits per heavy atom. The zero-order valence-corrected chi connectivity index (χ0v) is 12.8. The molecule has 0 amide bonds. The molecule has 2 rings (SSSR count). The number of hydrogen-bond donors (Lipinski definition) is 1. The maximum Gasteiger partial charge on any atom is 0.222 e. The number of aryl methyl sites for hydroxylation is 1. The summed E-state index contributed by atoms with van der Waals surface area (Å²) in [5.74, 6) is 2.04. The van der Waals surface area contributed by atoms with Crippen LogP contribution >= 0.6 is 0 Å². The standard InChI is InChI=1S/C17H22N2O2/c1-4-18-11-14-10-13(3)17(19-12-14)21-16-9-7-6-8-15(16)20-5-2/h6-10,12,18H,4-5,11H2,1-3H3. The normalized spacial score (nSPS) is 10.4. The van der Waals surface area contributed by atoms with Crippen LogP contribution in [0.15, 0.2) is 36.5 Å². The monoisotopic (exact) mass is 286 g/mol. The maximum atomic E-state index is 5.90. The number of nitrogens with one attached hydrogen (secondary N) is 1. The lowest BCUT2D eigenvalue weighted by Crippen LogP contribution is -2.12. The van der Waals surface area contributed by atoms with E-state index in [4.69, 9.17) is 9.47 Å². The average Bonchev–Trinajstić information content (AvgIpc) is 2.49. The minimum atomic E-state index is 0.606. The van der Waals surface area contributed by atoms with Crippen LogP contribution in [0.4, 0.5) is 0 Å². The van der Waals surface area contributed by atoms with Crippen molar-refractivity contribution in [2.75, 3.05) is 13.2 Å². The van der Waals surface area contributed by atoms with Crippen molar-refractivity contribution in [3.63, 3.8) is 0 Å². The molecule has 0 saturated carbocycles. The number of hydrogen-bond acceptors (Lipinski definition) is 4. The van der Waals surface area contributed by atoms with Crippen LogP contribution in [0.5, 0.6) is 17.4 Å². The summed E-state index contributed by atoms with van der Waals surface area (Å²) >= 11 is 0. The van der Waals surface area contributed by atoms with E-state index < -0.39 is 0 Å². The van der Waals surface area contributed by atoms with Crippen molar-refractivity contribution in [2.45, 2.75) is 27.3 Å². The van der Waals surface area contributed by atoms with Crippen LogP contribution in [0.3, 0.4) is 0 Å². The lowest BCUT2D eigenvalue weighted by molar-refractivity contribution is 0.319. The molecule has 0 atom stereocenters. The molecule has 0 saturated heterocycles. The lowest BCUT2D eigenvalue weighted by Gasteiger charge is -2.12. The number of pyridine rings is 1. The average molecular weight is 286 g/mol. The minimum absolute atomic E-state index is 0.606. The first-order valence-electron chi connectivity index (χ1n) is 7.30. The molecular formula is C17H22N2O2. The molecule has 1 N–H and O–H groups in total. The van der Waals surface area contributed by atoms with E-state index in [1.54, 1.807) is 0 Å². The summed E-state index contributed by atoms with van der Waals surface area (Å²) < 4.78 is 11.5. The van der Waals surface area contributed by atoms with Crippen molar-refractivity contribution in [1.82, 2.24) is 10.3 Å². The van der Waals surface area contributed by atoms with Gasteiger partial charge in [0.2, 0.25) is 5.88 Å². The molecule has 112 valence electrons. The van der Waals surface area contributed by atoms with Crippen LogP contribution in [0.2, 0.25) is 0 Å². The van der Waals surface area contributed by atoms with Crippen LogP contribution in [-0.4, -0.2) is 18.1 Å². The van der Waals surface area contributed by atoms with Crippen LogP contribution < -0.4 is 14.8 Å². The molecule has 4 nitrogen and oxygen atoms in total. The van der Waals surface area contributed by atoms with E-state index in [1.165, 1.54) is 0 Å². The van der Waals surface area contributed by atoms with E-state index in [-0.39, 0.29) is 0 Å². The Kier molecular flexibility index (Phi) is 5.58. The van der Waals surface area contributed by atoms with Gasteiger partial charge in [-0.25, -0.2) is 4.98 Å². The number of benzene rings is 1. The van der Waals surface area contributed by atoms with Gasteiger partial charge in [0.25, 0.3) is 0 Å². The van der Waals surface area contributed by atoms with Gasteiger partial charge in [-0.15, -0.1) is 0 Å². The summed E-state index contributed by atoms with van der Waals surface area (Å²) in [5.41, 5.74) is 2.16. The molecule has 0 bridgehead atoms. The third-order valence-electron chi connectivity index (χ3n) is 3.02. The van der Waals surface area contributed by atoms with Crippen LogP contribution in [0, 0.1) is 6.92 Å². The van der Waals surface area contributed by atoms with Gasteiger partial charge in [0.05, 0.1) is 6.61 Å². The highest BCUT2D eigenvalue weighted by Crippen LogP contribution is 2.31. The van der Waals surface area contributed by atoms with Gasteiger partial charge in [-0.1, -0.05) is 19.1 Å². The first kappa shape index (κ1) is 15.3. The highest BCUT2D eigenvalue weighted by atomic mass is 16.5. The van der Waals surface area contributed by atoms with Crippen molar-refractivity contribution in [1.29, 1.82) is 0 Å². The summed E-state index contributed by atoms with van der Waals surface area (Å²) in [6, 6.07) is 9.73. The fraction of sp³-hybridized carbons (Fsp3) is 0.353. The van der Waals surface area contributed by atoms with Crippen molar-refractivity contribution >= 4 is 0 Å². The van der Waals surface area contributed by atoms with Gasteiger partial charge in [0, 0.05) is 18.3 Å². The van der Waals surface area contributed by atoms with Gasteiger partial charge in [0.1, 0.15) is 0 Å². The van der Waals surface area contributed by atoms with Gasteiger partial charge in [0.15, 0.2) is 11.5 Å². The van der Waals surface area contributed by atoms with Crippen LogP contribution in [-0.2, 0) is 6.54 Å². The number of aromatic nitrogens is 1. The predicted molar refractivity (Wildman–Crippen MR) is 84.0 cm³/mol. The zero-order chi connectivity index (χ0) is 15.1. The number of nitrogens with zero attached hydrogens (tertiary/aromatic N) is 1. The van der Waals surface area contributed by atoms with Gasteiger partial charge in [-0.2, -0.15) is 0 Å². The first-order chi connectivity index (χ1) is 10.2. The summed E-state index contributed by atoms with van der Waals surface area (Å²) in [7, 11) is 0. The topological polar surface area (TPSA) is 43.4 Å². The van der Waals surface area contributed by atoms with Crippen molar-refractivity contribution in [2.24, 2.45) is 0 Å². The molecule has 0 aliphatic carbocycles. The summed E-state index contributed by atoms with van der Waals surface area (Å²) in [4.78, 5) is 4.41. The Hall–Kier alpha value is -2.07. The number of para-hydroxylation sites is 2. The zero-order valence-electron chi connectivity index (χ0n) is 12.8. The molecule has 0 radical (unpaired) electrons. The van der Waals surface area contributed by atoms with Crippen LogP contribution in [0.25, 0.3) is 0 Å². The summed E-state index contributed by atoms with van der Waals surface area (Å²) in [5, 5.41) is 3.29. The Morgan fingerprint density at radius 2 is 1.90 bits per heavy atom. The molecule has 0 fully saturated rings. The van der Waals surface area contributed by atoms with E-state index in [9.17, 15) is 0 Å².